The lowest BCUT2D eigenvalue weighted by molar-refractivity contribution is -0.156. The number of fused-ring (bicyclic) bond motifs is 1. The van der Waals surface area contributed by atoms with E-state index in [1.54, 1.807) is 11.8 Å². The van der Waals surface area contributed by atoms with Crippen LogP contribution in [0.5, 0.6) is 0 Å². The first-order valence-corrected chi connectivity index (χ1v) is 12.9. The molecular weight excluding hydrogens is 444 g/mol. The van der Waals surface area contributed by atoms with Gasteiger partial charge >= 0.3 is 5.97 Å². The molecule has 3 rings (SSSR count). The van der Waals surface area contributed by atoms with Gasteiger partial charge in [0.2, 0.25) is 11.8 Å². The third-order valence-electron chi connectivity index (χ3n) is 7.15. The summed E-state index contributed by atoms with van der Waals surface area (Å²) in [5, 5.41) is 13.3. The highest BCUT2D eigenvalue weighted by Gasteiger charge is 2.58. The monoisotopic (exact) mass is 484 g/mol. The number of ether oxygens (including phenoxy) is 1. The van der Waals surface area contributed by atoms with Gasteiger partial charge in [-0.3, -0.25) is 14.4 Å². The highest BCUT2D eigenvalue weighted by molar-refractivity contribution is 5.96. The van der Waals surface area contributed by atoms with Gasteiger partial charge in [0.25, 0.3) is 0 Å². The minimum Gasteiger partial charge on any atom is -0.466 e. The average Bonchev–Trinajstić information content (AvgIpc) is 3.14. The maximum atomic E-state index is 14.0. The number of carbonyl (C=O) groups is 3. The van der Waals surface area contributed by atoms with Gasteiger partial charge in [-0.1, -0.05) is 69.7 Å². The lowest BCUT2D eigenvalue weighted by Gasteiger charge is -2.34. The van der Waals surface area contributed by atoms with E-state index in [-0.39, 0.29) is 42.8 Å². The fourth-order valence-electron chi connectivity index (χ4n) is 5.72. The summed E-state index contributed by atoms with van der Waals surface area (Å²) in [5.41, 5.74) is 0.959. The number of likely N-dealkylation sites (tertiary alicyclic amines) is 1. The number of carbonyl (C=O) groups excluding carboxylic acids is 3. The molecule has 7 nitrogen and oxygen atoms in total. The lowest BCUT2D eigenvalue weighted by atomic mass is 9.69. The van der Waals surface area contributed by atoms with Crippen LogP contribution in [-0.2, 0) is 25.7 Å². The smallest absolute Gasteiger partial charge is 0.310 e. The molecule has 0 unspecified atom stereocenters. The molecule has 1 aliphatic heterocycles. The summed E-state index contributed by atoms with van der Waals surface area (Å²) in [6.07, 6.45) is 6.15. The third-order valence-corrected chi connectivity index (χ3v) is 7.15. The van der Waals surface area contributed by atoms with Crippen LogP contribution in [0.25, 0.3) is 0 Å². The molecule has 1 aromatic rings. The molecule has 2 aliphatic rings. The molecule has 0 radical (unpaired) electrons. The number of rotatable bonds is 11. The predicted octanol–water partition coefficient (Wildman–Crippen LogP) is 3.32. The molecule has 6 atom stereocenters. The Kier molecular flexibility index (Phi) is 9.49. The molecule has 0 saturated carbocycles. The van der Waals surface area contributed by atoms with Crippen molar-refractivity contribution in [2.45, 2.75) is 65.6 Å². The largest absolute Gasteiger partial charge is 0.466 e. The van der Waals surface area contributed by atoms with Crippen LogP contribution in [0.2, 0.25) is 0 Å². The van der Waals surface area contributed by atoms with Crippen molar-refractivity contribution in [1.29, 1.82) is 0 Å². The molecule has 7 heteroatoms. The van der Waals surface area contributed by atoms with E-state index in [0.29, 0.717) is 13.0 Å². The van der Waals surface area contributed by atoms with Crippen molar-refractivity contribution in [3.8, 4) is 0 Å². The molecule has 1 saturated heterocycles. The van der Waals surface area contributed by atoms with Gasteiger partial charge in [-0.2, -0.15) is 0 Å². The number of aliphatic hydroxyl groups is 1. The highest BCUT2D eigenvalue weighted by Crippen LogP contribution is 2.46. The maximum absolute atomic E-state index is 14.0. The van der Waals surface area contributed by atoms with E-state index < -0.39 is 29.8 Å². The average molecular weight is 485 g/mol. The molecule has 1 fully saturated rings. The lowest BCUT2D eigenvalue weighted by Crippen LogP contribution is -2.52. The number of hydrogen-bond acceptors (Lipinski definition) is 5. The molecule has 2 amide bonds. The Bertz CT molecular complexity index is 900. The van der Waals surface area contributed by atoms with Gasteiger partial charge in [-0.15, -0.1) is 0 Å². The van der Waals surface area contributed by atoms with E-state index in [2.05, 4.69) is 12.2 Å². The van der Waals surface area contributed by atoms with Crippen molar-refractivity contribution in [2.75, 3.05) is 13.2 Å². The molecule has 0 aromatic heterocycles. The van der Waals surface area contributed by atoms with Crippen LogP contribution >= 0.6 is 0 Å². The van der Waals surface area contributed by atoms with Gasteiger partial charge in [0.05, 0.1) is 31.1 Å². The first-order valence-electron chi connectivity index (χ1n) is 12.9. The summed E-state index contributed by atoms with van der Waals surface area (Å²) in [6.45, 7) is 8.20. The SMILES string of the molecule is CCC[C@@H]1C=C[C@H]2[C@H](C(=O)N([C@@H](CO)CC(C)C)[C@@H]2C(=O)NCc2ccccc2)[C@@H]1C(=O)OCC. The molecule has 1 aliphatic carbocycles. The Balaban J connectivity index is 1.98. The standard InChI is InChI=1S/C28H40N2O5/c1-5-10-20-13-14-22-24(23(20)28(34)35-6-2)27(33)30(21(17-31)15-18(3)4)25(22)26(32)29-16-19-11-8-7-9-12-19/h7-9,11-14,18,20-25,31H,5-6,10,15-17H2,1-4H3,(H,29,32)/t20-,21-,22+,23-,24+,25+/m1/s1. The van der Waals surface area contributed by atoms with Crippen LogP contribution in [-0.4, -0.2) is 53.1 Å². The van der Waals surface area contributed by atoms with Gasteiger partial charge in [0.15, 0.2) is 0 Å². The van der Waals surface area contributed by atoms with Crippen molar-refractivity contribution in [1.82, 2.24) is 10.2 Å². The van der Waals surface area contributed by atoms with Gasteiger partial charge in [0, 0.05) is 12.5 Å². The van der Waals surface area contributed by atoms with Crippen LogP contribution in [0.4, 0.5) is 0 Å². The second-order valence-corrected chi connectivity index (χ2v) is 10.1. The normalized spacial score (nSPS) is 26.5. The van der Waals surface area contributed by atoms with Crippen LogP contribution in [0.15, 0.2) is 42.5 Å². The predicted molar refractivity (Wildman–Crippen MR) is 134 cm³/mol. The van der Waals surface area contributed by atoms with Crippen molar-refractivity contribution >= 4 is 17.8 Å². The van der Waals surface area contributed by atoms with Crippen LogP contribution < -0.4 is 5.32 Å². The maximum Gasteiger partial charge on any atom is 0.310 e. The summed E-state index contributed by atoms with van der Waals surface area (Å²) in [4.78, 5) is 42.3. The van der Waals surface area contributed by atoms with E-state index in [0.717, 1.165) is 18.4 Å². The number of benzene rings is 1. The first kappa shape index (κ1) is 26.9. The Morgan fingerprint density at radius 3 is 2.46 bits per heavy atom. The quantitative estimate of drug-likeness (QED) is 0.371. The Hall–Kier alpha value is -2.67. The second kappa shape index (κ2) is 12.3. The molecule has 1 aromatic carbocycles. The zero-order chi connectivity index (χ0) is 25.5. The van der Waals surface area contributed by atoms with Gasteiger partial charge < -0.3 is 20.1 Å². The number of nitrogens with one attached hydrogen (secondary N) is 1. The Labute approximate surface area is 208 Å². The zero-order valence-electron chi connectivity index (χ0n) is 21.4. The van der Waals surface area contributed by atoms with Crippen molar-refractivity contribution in [3.63, 3.8) is 0 Å². The van der Waals surface area contributed by atoms with Crippen molar-refractivity contribution in [3.05, 3.63) is 48.0 Å². The Morgan fingerprint density at radius 1 is 1.14 bits per heavy atom. The Morgan fingerprint density at radius 2 is 1.86 bits per heavy atom. The van der Waals surface area contributed by atoms with Crippen LogP contribution in [0.1, 0.15) is 52.5 Å². The molecule has 35 heavy (non-hydrogen) atoms. The molecule has 0 bridgehead atoms. The van der Waals surface area contributed by atoms with E-state index in [1.807, 2.05) is 56.3 Å². The number of allylic oxidation sites excluding steroid dienone is 1. The molecule has 0 spiro atoms. The number of esters is 1. The number of hydrogen-bond donors (Lipinski definition) is 2. The van der Waals surface area contributed by atoms with E-state index in [1.165, 1.54) is 0 Å². The minimum atomic E-state index is -0.789. The van der Waals surface area contributed by atoms with Gasteiger partial charge in [-0.05, 0) is 37.2 Å². The minimum absolute atomic E-state index is 0.116. The fraction of sp³-hybridized carbons (Fsp3) is 0.607. The van der Waals surface area contributed by atoms with Crippen LogP contribution in [0, 0.1) is 29.6 Å². The van der Waals surface area contributed by atoms with E-state index in [9.17, 15) is 19.5 Å². The summed E-state index contributed by atoms with van der Waals surface area (Å²) < 4.78 is 5.41. The molecule has 1 heterocycles. The summed E-state index contributed by atoms with van der Waals surface area (Å²) in [6, 6.07) is 8.32. The second-order valence-electron chi connectivity index (χ2n) is 10.1. The molecule has 192 valence electrons. The van der Waals surface area contributed by atoms with E-state index in [4.69, 9.17) is 4.74 Å². The molecular formula is C28H40N2O5. The van der Waals surface area contributed by atoms with Gasteiger partial charge in [-0.25, -0.2) is 0 Å². The highest BCUT2D eigenvalue weighted by atomic mass is 16.5. The number of amides is 2. The summed E-state index contributed by atoms with van der Waals surface area (Å²) >= 11 is 0. The summed E-state index contributed by atoms with van der Waals surface area (Å²) in [5.74, 6) is -2.55. The number of aliphatic hydroxyl groups excluding tert-OH is 1. The third kappa shape index (κ3) is 5.95. The van der Waals surface area contributed by atoms with Crippen LogP contribution in [0.3, 0.4) is 0 Å². The fourth-order valence-corrected chi connectivity index (χ4v) is 5.72. The number of nitrogens with zero attached hydrogens (tertiary/aromatic N) is 1. The topological polar surface area (TPSA) is 95.9 Å². The first-order chi connectivity index (χ1) is 16.8. The zero-order valence-corrected chi connectivity index (χ0v) is 21.4. The van der Waals surface area contributed by atoms with E-state index >= 15 is 0 Å². The summed E-state index contributed by atoms with van der Waals surface area (Å²) in [7, 11) is 0. The van der Waals surface area contributed by atoms with Crippen molar-refractivity contribution in [2.24, 2.45) is 29.6 Å². The van der Waals surface area contributed by atoms with Crippen molar-refractivity contribution < 1.29 is 24.2 Å². The van der Waals surface area contributed by atoms with Gasteiger partial charge in [0.1, 0.15) is 6.04 Å². The molecule has 2 N–H and O–H groups in total.